The second-order valence-corrected chi connectivity index (χ2v) is 2.72. The summed E-state index contributed by atoms with van der Waals surface area (Å²) in [7, 11) is 0. The van der Waals surface area contributed by atoms with Gasteiger partial charge in [0.1, 0.15) is 24.4 Å². The van der Waals surface area contributed by atoms with Crippen LogP contribution in [0.5, 0.6) is 0 Å². The van der Waals surface area contributed by atoms with E-state index < -0.39 is 37.3 Å². The summed E-state index contributed by atoms with van der Waals surface area (Å²) >= 11 is 0. The maximum atomic E-state index is 9.12. The minimum atomic E-state index is -1.57. The molecule has 0 radical (unpaired) electrons. The molecule has 1 aliphatic rings. The lowest BCUT2D eigenvalue weighted by atomic mass is 10.00. The van der Waals surface area contributed by atoms with Crippen molar-refractivity contribution in [1.29, 1.82) is 0 Å². The fraction of sp³-hybridized carbons (Fsp3) is 1.00. The van der Waals surface area contributed by atoms with Gasteiger partial charge in [0.05, 0.1) is 6.61 Å². The summed E-state index contributed by atoms with van der Waals surface area (Å²) in [5.41, 5.74) is 0. The molecule has 1 saturated heterocycles. The highest BCUT2D eigenvalue weighted by atomic mass is 16.6. The summed E-state index contributed by atoms with van der Waals surface area (Å²) in [5, 5.41) is 44.7. The van der Waals surface area contributed by atoms with E-state index in [0.717, 1.165) is 0 Å². The average Bonchev–Trinajstić information content (AvgIpc) is 2.08. The van der Waals surface area contributed by atoms with E-state index >= 15 is 0 Å². The van der Waals surface area contributed by atoms with Gasteiger partial charge in [-0.25, -0.2) is 0 Å². The van der Waals surface area contributed by atoms with E-state index in [-0.39, 0.29) is 0 Å². The molecule has 5 atom stereocenters. The second-order valence-electron chi connectivity index (χ2n) is 2.72. The van der Waals surface area contributed by atoms with E-state index in [4.69, 9.17) is 25.5 Å². The first-order valence-corrected chi connectivity index (χ1v) is 3.56. The van der Waals surface area contributed by atoms with Gasteiger partial charge in [-0.05, 0) is 0 Å². The van der Waals surface area contributed by atoms with E-state index in [1.807, 2.05) is 0 Å². The van der Waals surface area contributed by atoms with Crippen molar-refractivity contribution in [2.75, 3.05) is 6.61 Å². The zero-order valence-corrected chi connectivity index (χ0v) is 6.24. The van der Waals surface area contributed by atoms with E-state index in [0.29, 0.717) is 0 Å². The van der Waals surface area contributed by atoms with Crippen LogP contribution in [-0.4, -0.2) is 62.8 Å². The fourth-order valence-electron chi connectivity index (χ4n) is 1.08. The van der Waals surface area contributed by atoms with Gasteiger partial charge < -0.3 is 30.3 Å². The molecule has 0 amide bonds. The highest BCUT2D eigenvalue weighted by molar-refractivity contribution is 4.87. The molecule has 6 heteroatoms. The summed E-state index contributed by atoms with van der Waals surface area (Å²) in [6.07, 6.45) is -7.04. The summed E-state index contributed by atoms with van der Waals surface area (Å²) in [6.45, 7) is -0.526. The Bertz CT molecular complexity index is 146. The average molecular weight is 180 g/mol. The molecular weight excluding hydrogens is 168 g/mol. The number of ether oxygens (including phenoxy) is 1. The highest BCUT2D eigenvalue weighted by Gasteiger charge is 2.42. The number of hydrogen-bond acceptors (Lipinski definition) is 6. The third kappa shape index (κ3) is 1.58. The van der Waals surface area contributed by atoms with Gasteiger partial charge in [0.2, 0.25) is 0 Å². The molecule has 0 saturated carbocycles. The number of hydrogen-bond donors (Lipinski definition) is 5. The van der Waals surface area contributed by atoms with Crippen molar-refractivity contribution < 1.29 is 30.3 Å². The number of aliphatic hydroxyl groups excluding tert-OH is 5. The van der Waals surface area contributed by atoms with Gasteiger partial charge in [-0.15, -0.1) is 0 Å². The molecular formula is C6H12O6. The Hall–Kier alpha value is -0.240. The van der Waals surface area contributed by atoms with Crippen molar-refractivity contribution in [1.82, 2.24) is 0 Å². The van der Waals surface area contributed by atoms with Gasteiger partial charge in [0.25, 0.3) is 0 Å². The molecule has 1 aliphatic heterocycles. The van der Waals surface area contributed by atoms with Crippen LogP contribution in [0.3, 0.4) is 0 Å². The van der Waals surface area contributed by atoms with E-state index in [1.165, 1.54) is 0 Å². The molecule has 1 rings (SSSR count). The van der Waals surface area contributed by atoms with Crippen molar-refractivity contribution in [2.45, 2.75) is 30.7 Å². The molecule has 1 heterocycles. The molecule has 0 aromatic rings. The maximum Gasteiger partial charge on any atom is 0.184 e. The molecule has 0 aromatic heterocycles. The lowest BCUT2D eigenvalue weighted by molar-refractivity contribution is -0.286. The molecule has 0 bridgehead atoms. The van der Waals surface area contributed by atoms with Crippen molar-refractivity contribution in [3.05, 3.63) is 0 Å². The topological polar surface area (TPSA) is 110 Å². The van der Waals surface area contributed by atoms with Crippen LogP contribution in [0.4, 0.5) is 0 Å². The second kappa shape index (κ2) is 3.65. The minimum Gasteiger partial charge on any atom is -0.394 e. The quantitative estimate of drug-likeness (QED) is 0.290. The van der Waals surface area contributed by atoms with Gasteiger partial charge in [-0.2, -0.15) is 0 Å². The monoisotopic (exact) mass is 180 g/mol. The summed E-state index contributed by atoms with van der Waals surface area (Å²) in [5.74, 6) is 0. The maximum absolute atomic E-state index is 9.12. The van der Waals surface area contributed by atoms with Crippen LogP contribution in [0.1, 0.15) is 0 Å². The Morgan fingerprint density at radius 2 is 1.50 bits per heavy atom. The molecule has 1 fully saturated rings. The predicted octanol–water partition coefficient (Wildman–Crippen LogP) is -3.22. The third-order valence-corrected chi connectivity index (χ3v) is 1.87. The molecule has 0 aromatic carbocycles. The Morgan fingerprint density at radius 3 is 2.00 bits per heavy atom. The molecule has 72 valence electrons. The van der Waals surface area contributed by atoms with Crippen molar-refractivity contribution in [3.8, 4) is 0 Å². The Labute approximate surface area is 68.6 Å². The van der Waals surface area contributed by atoms with Crippen LogP contribution in [0.15, 0.2) is 0 Å². The lowest BCUT2D eigenvalue weighted by Crippen LogP contribution is -2.58. The van der Waals surface area contributed by atoms with Crippen LogP contribution >= 0.6 is 0 Å². The van der Waals surface area contributed by atoms with Crippen LogP contribution in [-0.2, 0) is 4.74 Å². The first kappa shape index (κ1) is 9.85. The Morgan fingerprint density at radius 1 is 0.917 bits per heavy atom. The normalized spacial score (nSPS) is 49.2. The van der Waals surface area contributed by atoms with E-state index in [1.54, 1.807) is 0 Å². The number of rotatable bonds is 1. The SMILES string of the molecule is OC[C@H]1O[C@H](O)[C@@H](O)[C@H](O)[C@H]1O. The molecule has 0 aliphatic carbocycles. The predicted molar refractivity (Wildman–Crippen MR) is 36.0 cm³/mol. The molecule has 12 heavy (non-hydrogen) atoms. The first-order chi connectivity index (χ1) is 5.57. The van der Waals surface area contributed by atoms with Crippen LogP contribution < -0.4 is 0 Å². The lowest BCUT2D eigenvalue weighted by Gasteiger charge is -2.37. The smallest absolute Gasteiger partial charge is 0.184 e. The minimum absolute atomic E-state index is 0.526. The van der Waals surface area contributed by atoms with Crippen LogP contribution in [0.25, 0.3) is 0 Å². The standard InChI is InChI=1S/C6H12O6/c7-1-2-3(8)4(9)5(10)6(11)12-2/h2-11H,1H2/t2-,3+,4-,5+,6+/m1/s1. The first-order valence-electron chi connectivity index (χ1n) is 3.56. The van der Waals surface area contributed by atoms with Crippen molar-refractivity contribution in [2.24, 2.45) is 0 Å². The number of aliphatic hydroxyl groups is 5. The van der Waals surface area contributed by atoms with Gasteiger partial charge in [0.15, 0.2) is 6.29 Å². The van der Waals surface area contributed by atoms with E-state index in [2.05, 4.69) is 4.74 Å². The zero-order chi connectivity index (χ0) is 9.30. The molecule has 0 spiro atoms. The van der Waals surface area contributed by atoms with Gasteiger partial charge in [-0.3, -0.25) is 0 Å². The Kier molecular flexibility index (Phi) is 2.99. The fourth-order valence-corrected chi connectivity index (χ4v) is 1.08. The summed E-state index contributed by atoms with van der Waals surface area (Å²) in [4.78, 5) is 0. The van der Waals surface area contributed by atoms with Gasteiger partial charge >= 0.3 is 0 Å². The Balaban J connectivity index is 2.63. The van der Waals surface area contributed by atoms with Crippen LogP contribution in [0, 0.1) is 0 Å². The molecule has 5 N–H and O–H groups in total. The highest BCUT2D eigenvalue weighted by Crippen LogP contribution is 2.18. The van der Waals surface area contributed by atoms with Gasteiger partial charge in [0, 0.05) is 0 Å². The van der Waals surface area contributed by atoms with Crippen molar-refractivity contribution >= 4 is 0 Å². The molecule has 6 nitrogen and oxygen atoms in total. The third-order valence-electron chi connectivity index (χ3n) is 1.87. The van der Waals surface area contributed by atoms with Crippen molar-refractivity contribution in [3.63, 3.8) is 0 Å². The van der Waals surface area contributed by atoms with Crippen LogP contribution in [0.2, 0.25) is 0 Å². The largest absolute Gasteiger partial charge is 0.394 e. The summed E-state index contributed by atoms with van der Waals surface area (Å²) in [6, 6.07) is 0. The summed E-state index contributed by atoms with van der Waals surface area (Å²) < 4.78 is 4.58. The zero-order valence-electron chi connectivity index (χ0n) is 6.24. The van der Waals surface area contributed by atoms with E-state index in [9.17, 15) is 0 Å². The van der Waals surface area contributed by atoms with Gasteiger partial charge in [-0.1, -0.05) is 0 Å². The molecule has 0 unspecified atom stereocenters.